The minimum Gasteiger partial charge on any atom is -0.504 e. The molecule has 2 N–H and O–H groups in total. The Morgan fingerprint density at radius 2 is 2.16 bits per heavy atom. The van der Waals surface area contributed by atoms with Crippen molar-refractivity contribution in [1.82, 2.24) is 5.16 Å². The monoisotopic (exact) mass is 267 g/mol. The van der Waals surface area contributed by atoms with E-state index in [1.165, 1.54) is 7.11 Å². The van der Waals surface area contributed by atoms with Gasteiger partial charge in [-0.2, -0.15) is 0 Å². The van der Waals surface area contributed by atoms with Crippen LogP contribution in [0.3, 0.4) is 0 Å². The molecule has 0 bridgehead atoms. The Hall–Kier alpha value is -2.57. The summed E-state index contributed by atoms with van der Waals surface area (Å²) >= 11 is 0. The molecule has 100 valence electrons. The highest BCUT2D eigenvalue weighted by molar-refractivity contribution is 5.86. The van der Waals surface area contributed by atoms with Crippen molar-refractivity contribution in [3.8, 4) is 22.8 Å². The third-order valence-electron chi connectivity index (χ3n) is 2.59. The number of aryl methyl sites for hydroxylation is 1. The Bertz CT molecular complexity index is 650. The van der Waals surface area contributed by atoms with E-state index in [1.807, 2.05) is 0 Å². The fraction of sp³-hybridized carbons (Fsp3) is 0.167. The number of hydrogen-bond donors (Lipinski definition) is 2. The standard InChI is InChI=1S/C12H10FNO5/c1-5-3-6(13)11(18-2)10(15)9(5)7-4-8(12(16)17)19-14-7/h3-4,15H,1-2H3,(H,16,17). The maximum absolute atomic E-state index is 13.5. The first-order chi connectivity index (χ1) is 8.95. The third kappa shape index (κ3) is 2.10. The summed E-state index contributed by atoms with van der Waals surface area (Å²) in [5.74, 6) is -3.17. The summed E-state index contributed by atoms with van der Waals surface area (Å²) < 4.78 is 22.9. The SMILES string of the molecule is COc1c(F)cc(C)c(-c2cc(C(=O)O)on2)c1O. The predicted octanol–water partition coefficient (Wildman–Crippen LogP) is 2.20. The van der Waals surface area contributed by atoms with Crippen LogP contribution in [-0.2, 0) is 0 Å². The zero-order valence-electron chi connectivity index (χ0n) is 10.1. The number of benzene rings is 1. The third-order valence-corrected chi connectivity index (χ3v) is 2.59. The van der Waals surface area contributed by atoms with Crippen LogP contribution < -0.4 is 4.74 Å². The van der Waals surface area contributed by atoms with Crippen LogP contribution in [0.25, 0.3) is 11.3 Å². The maximum Gasteiger partial charge on any atom is 0.374 e. The molecule has 0 aliphatic carbocycles. The van der Waals surface area contributed by atoms with Crippen LogP contribution in [0.4, 0.5) is 4.39 Å². The summed E-state index contributed by atoms with van der Waals surface area (Å²) in [6.45, 7) is 1.55. The summed E-state index contributed by atoms with van der Waals surface area (Å²) in [5.41, 5.74) is 0.626. The van der Waals surface area contributed by atoms with Crippen LogP contribution in [0.15, 0.2) is 16.7 Å². The van der Waals surface area contributed by atoms with Crippen molar-refractivity contribution in [3.05, 3.63) is 29.3 Å². The van der Waals surface area contributed by atoms with Crippen LogP contribution in [0.2, 0.25) is 0 Å². The van der Waals surface area contributed by atoms with Crippen LogP contribution >= 0.6 is 0 Å². The summed E-state index contributed by atoms with van der Waals surface area (Å²) in [5, 5.41) is 22.2. The number of ether oxygens (including phenoxy) is 1. The topological polar surface area (TPSA) is 92.8 Å². The Balaban J connectivity index is 2.64. The van der Waals surface area contributed by atoms with E-state index in [4.69, 9.17) is 9.84 Å². The average Bonchev–Trinajstić information content (AvgIpc) is 2.78. The Kier molecular flexibility index (Phi) is 3.12. The first-order valence-electron chi connectivity index (χ1n) is 5.22. The lowest BCUT2D eigenvalue weighted by Crippen LogP contribution is -1.94. The van der Waals surface area contributed by atoms with Gasteiger partial charge in [0.1, 0.15) is 5.69 Å². The fourth-order valence-corrected chi connectivity index (χ4v) is 1.75. The van der Waals surface area contributed by atoms with Gasteiger partial charge in [-0.25, -0.2) is 9.18 Å². The number of carbonyl (C=O) groups is 1. The highest BCUT2D eigenvalue weighted by atomic mass is 19.1. The molecule has 0 saturated heterocycles. The summed E-state index contributed by atoms with van der Waals surface area (Å²) in [4.78, 5) is 10.7. The molecule has 0 atom stereocenters. The smallest absolute Gasteiger partial charge is 0.374 e. The number of methoxy groups -OCH3 is 1. The van der Waals surface area contributed by atoms with E-state index in [9.17, 15) is 14.3 Å². The molecule has 0 spiro atoms. The molecule has 6 nitrogen and oxygen atoms in total. The molecule has 1 aromatic carbocycles. The van der Waals surface area contributed by atoms with Gasteiger partial charge in [-0.3, -0.25) is 0 Å². The van der Waals surface area contributed by atoms with Crippen LogP contribution in [0.5, 0.6) is 11.5 Å². The van der Waals surface area contributed by atoms with Gasteiger partial charge in [0.25, 0.3) is 0 Å². The predicted molar refractivity (Wildman–Crippen MR) is 61.8 cm³/mol. The first kappa shape index (κ1) is 12.9. The number of hydrogen-bond acceptors (Lipinski definition) is 5. The van der Waals surface area contributed by atoms with E-state index in [-0.39, 0.29) is 22.8 Å². The van der Waals surface area contributed by atoms with Crippen molar-refractivity contribution in [2.24, 2.45) is 0 Å². The first-order valence-corrected chi connectivity index (χ1v) is 5.22. The van der Waals surface area contributed by atoms with Gasteiger partial charge in [0, 0.05) is 6.07 Å². The minimum atomic E-state index is -1.29. The molecule has 1 heterocycles. The molecule has 19 heavy (non-hydrogen) atoms. The molecule has 0 fully saturated rings. The zero-order valence-corrected chi connectivity index (χ0v) is 10.1. The normalized spacial score (nSPS) is 10.5. The van der Waals surface area contributed by atoms with E-state index >= 15 is 0 Å². The molecular formula is C12H10FNO5. The molecular weight excluding hydrogens is 257 g/mol. The number of carboxylic acid groups (broad SMARTS) is 1. The second-order valence-electron chi connectivity index (χ2n) is 3.81. The lowest BCUT2D eigenvalue weighted by atomic mass is 10.0. The molecule has 1 aromatic heterocycles. The molecule has 0 radical (unpaired) electrons. The lowest BCUT2D eigenvalue weighted by Gasteiger charge is -2.10. The average molecular weight is 267 g/mol. The van der Waals surface area contributed by atoms with E-state index in [0.717, 1.165) is 12.1 Å². The summed E-state index contributed by atoms with van der Waals surface area (Å²) in [6, 6.07) is 2.30. The van der Waals surface area contributed by atoms with Gasteiger partial charge < -0.3 is 19.5 Å². The summed E-state index contributed by atoms with van der Waals surface area (Å²) in [6.07, 6.45) is 0. The molecule has 7 heteroatoms. The number of phenolic OH excluding ortho intramolecular Hbond substituents is 1. The van der Waals surface area contributed by atoms with Crippen molar-refractivity contribution in [1.29, 1.82) is 0 Å². The minimum absolute atomic E-state index is 0.0886. The number of carboxylic acids is 1. The Labute approximate surface area is 107 Å². The number of rotatable bonds is 3. The van der Waals surface area contributed by atoms with E-state index in [2.05, 4.69) is 9.68 Å². The molecule has 0 amide bonds. The number of nitrogens with zero attached hydrogens (tertiary/aromatic N) is 1. The number of phenols is 1. The van der Waals surface area contributed by atoms with Crippen LogP contribution in [0, 0.1) is 12.7 Å². The summed E-state index contributed by atoms with van der Waals surface area (Å²) in [7, 11) is 1.21. The van der Waals surface area contributed by atoms with E-state index < -0.39 is 17.5 Å². The number of halogens is 1. The zero-order chi connectivity index (χ0) is 14.2. The Morgan fingerprint density at radius 3 is 2.68 bits per heavy atom. The van der Waals surface area contributed by atoms with E-state index in [1.54, 1.807) is 6.92 Å². The molecule has 2 aromatic rings. The fourth-order valence-electron chi connectivity index (χ4n) is 1.75. The van der Waals surface area contributed by atoms with Gasteiger partial charge in [-0.1, -0.05) is 5.16 Å². The highest BCUT2D eigenvalue weighted by Gasteiger charge is 2.22. The van der Waals surface area contributed by atoms with Crippen molar-refractivity contribution >= 4 is 5.97 Å². The second kappa shape index (κ2) is 4.60. The number of aromatic carboxylic acids is 1. The van der Waals surface area contributed by atoms with E-state index in [0.29, 0.717) is 5.56 Å². The Morgan fingerprint density at radius 1 is 1.47 bits per heavy atom. The van der Waals surface area contributed by atoms with Crippen molar-refractivity contribution < 1.29 is 28.7 Å². The number of aromatic nitrogens is 1. The van der Waals surface area contributed by atoms with Gasteiger partial charge in [-0.15, -0.1) is 0 Å². The molecule has 0 saturated carbocycles. The van der Waals surface area contributed by atoms with Gasteiger partial charge in [0.05, 0.1) is 12.7 Å². The van der Waals surface area contributed by atoms with Gasteiger partial charge in [0.15, 0.2) is 17.3 Å². The van der Waals surface area contributed by atoms with Gasteiger partial charge in [0.2, 0.25) is 5.76 Å². The highest BCUT2D eigenvalue weighted by Crippen LogP contribution is 2.41. The van der Waals surface area contributed by atoms with Gasteiger partial charge in [-0.05, 0) is 18.6 Å². The molecule has 0 aliphatic heterocycles. The maximum atomic E-state index is 13.5. The molecule has 0 aliphatic rings. The largest absolute Gasteiger partial charge is 0.504 e. The molecule has 2 rings (SSSR count). The lowest BCUT2D eigenvalue weighted by molar-refractivity contribution is 0.0652. The van der Waals surface area contributed by atoms with Gasteiger partial charge >= 0.3 is 5.97 Å². The second-order valence-corrected chi connectivity index (χ2v) is 3.81. The number of aromatic hydroxyl groups is 1. The quantitative estimate of drug-likeness (QED) is 0.885. The van der Waals surface area contributed by atoms with Crippen molar-refractivity contribution in [3.63, 3.8) is 0 Å². The van der Waals surface area contributed by atoms with Crippen LogP contribution in [0.1, 0.15) is 16.1 Å². The van der Waals surface area contributed by atoms with Crippen molar-refractivity contribution in [2.45, 2.75) is 6.92 Å². The van der Waals surface area contributed by atoms with Crippen molar-refractivity contribution in [2.75, 3.05) is 7.11 Å². The molecule has 0 unspecified atom stereocenters. The van der Waals surface area contributed by atoms with Crippen LogP contribution in [-0.4, -0.2) is 28.4 Å².